The molecule has 1 amide bonds. The number of carbonyl (C=O) groups is 1. The molecule has 3 unspecified atom stereocenters. The number of ether oxygens (including phenoxy) is 1. The second-order valence-corrected chi connectivity index (χ2v) is 7.65. The van der Waals surface area contributed by atoms with Gasteiger partial charge >= 0.3 is 0 Å². The smallest absolute Gasteiger partial charge is 0.256 e. The molecule has 3 atom stereocenters. The van der Waals surface area contributed by atoms with Crippen LogP contribution in [-0.2, 0) is 0 Å². The summed E-state index contributed by atoms with van der Waals surface area (Å²) in [6, 6.07) is 8.59. The number of carbonyl (C=O) groups excluding carboxylic acids is 1. The zero-order chi connectivity index (χ0) is 20.0. The Kier molecular flexibility index (Phi) is 4.26. The standard InChI is InChI=1S/C21H20FN5O2/c1-13-8-16(22)20(23-11-13)29-19-10-14-9-18(19)26(12-14)21(28)15-4-2-3-5-17(15)27-24-6-7-25-27/h2-8,11,14,18-19H,9-10,12H2,1H3. The topological polar surface area (TPSA) is 73.1 Å². The lowest BCUT2D eigenvalue weighted by Gasteiger charge is -2.33. The molecule has 7 nitrogen and oxygen atoms in total. The van der Waals surface area contributed by atoms with Crippen LogP contribution in [0.15, 0.2) is 48.9 Å². The second kappa shape index (κ2) is 6.95. The van der Waals surface area contributed by atoms with Gasteiger partial charge in [-0.2, -0.15) is 15.0 Å². The van der Waals surface area contributed by atoms with Crippen molar-refractivity contribution in [2.45, 2.75) is 31.9 Å². The highest BCUT2D eigenvalue weighted by Crippen LogP contribution is 2.40. The second-order valence-electron chi connectivity index (χ2n) is 7.65. The van der Waals surface area contributed by atoms with Crippen LogP contribution >= 0.6 is 0 Å². The predicted octanol–water partition coefficient (Wildman–Crippen LogP) is 2.79. The molecule has 1 aliphatic heterocycles. The number of likely N-dealkylation sites (tertiary alicyclic amines) is 1. The first kappa shape index (κ1) is 17.8. The summed E-state index contributed by atoms with van der Waals surface area (Å²) in [6.45, 7) is 2.46. The van der Waals surface area contributed by atoms with E-state index < -0.39 is 5.82 Å². The highest BCUT2D eigenvalue weighted by Gasteiger charge is 2.49. The SMILES string of the molecule is Cc1cnc(OC2CC3CC2N(C(=O)c2ccccc2-n2nccn2)C3)c(F)c1. The fourth-order valence-corrected chi connectivity index (χ4v) is 4.40. The molecule has 3 heterocycles. The van der Waals surface area contributed by atoms with Crippen molar-refractivity contribution in [2.24, 2.45) is 5.92 Å². The minimum absolute atomic E-state index is 0.00157. The summed E-state index contributed by atoms with van der Waals surface area (Å²) in [6.07, 6.45) is 6.12. The molecule has 5 rings (SSSR count). The molecule has 2 aromatic heterocycles. The number of para-hydroxylation sites is 1. The third kappa shape index (κ3) is 3.14. The van der Waals surface area contributed by atoms with Gasteiger partial charge < -0.3 is 9.64 Å². The molecular weight excluding hydrogens is 373 g/mol. The average Bonchev–Trinajstić information content (AvgIpc) is 3.47. The number of hydrogen-bond donors (Lipinski definition) is 0. The van der Waals surface area contributed by atoms with Gasteiger partial charge in [-0.05, 0) is 49.4 Å². The van der Waals surface area contributed by atoms with Crippen LogP contribution in [0.2, 0.25) is 0 Å². The summed E-state index contributed by atoms with van der Waals surface area (Å²) in [5, 5.41) is 8.30. The van der Waals surface area contributed by atoms with Gasteiger partial charge in [0.25, 0.3) is 11.8 Å². The van der Waals surface area contributed by atoms with Gasteiger partial charge in [0.05, 0.1) is 29.7 Å². The Morgan fingerprint density at radius 3 is 2.76 bits per heavy atom. The van der Waals surface area contributed by atoms with E-state index in [1.807, 2.05) is 23.1 Å². The maximum atomic E-state index is 14.2. The number of amides is 1. The van der Waals surface area contributed by atoms with Gasteiger partial charge in [0.15, 0.2) is 5.82 Å². The molecule has 1 saturated carbocycles. The lowest BCUT2D eigenvalue weighted by atomic mass is 10.1. The van der Waals surface area contributed by atoms with Crippen molar-refractivity contribution in [3.8, 4) is 11.6 Å². The molecule has 1 aromatic carbocycles. The van der Waals surface area contributed by atoms with Crippen LogP contribution in [0, 0.1) is 18.7 Å². The molecule has 1 aliphatic carbocycles. The number of aromatic nitrogens is 4. The van der Waals surface area contributed by atoms with E-state index in [-0.39, 0.29) is 23.9 Å². The largest absolute Gasteiger partial charge is 0.470 e. The summed E-state index contributed by atoms with van der Waals surface area (Å²) in [7, 11) is 0. The third-order valence-corrected chi connectivity index (χ3v) is 5.66. The van der Waals surface area contributed by atoms with Gasteiger partial charge in [0, 0.05) is 12.7 Å². The van der Waals surface area contributed by atoms with Crippen LogP contribution in [-0.4, -0.2) is 49.5 Å². The minimum atomic E-state index is -0.472. The van der Waals surface area contributed by atoms with E-state index >= 15 is 0 Å². The highest BCUT2D eigenvalue weighted by molar-refractivity contribution is 5.98. The molecule has 2 fully saturated rings. The Morgan fingerprint density at radius 1 is 1.21 bits per heavy atom. The Bertz CT molecular complexity index is 1050. The summed E-state index contributed by atoms with van der Waals surface area (Å²) in [4.78, 5) is 20.7. The quantitative estimate of drug-likeness (QED) is 0.682. The van der Waals surface area contributed by atoms with Crippen molar-refractivity contribution in [1.82, 2.24) is 24.9 Å². The number of piperidine rings is 1. The number of aryl methyl sites for hydroxylation is 1. The van der Waals surface area contributed by atoms with E-state index in [0.717, 1.165) is 18.4 Å². The zero-order valence-corrected chi connectivity index (χ0v) is 15.9. The molecular formula is C21H20FN5O2. The van der Waals surface area contributed by atoms with E-state index in [1.165, 1.54) is 10.9 Å². The molecule has 148 valence electrons. The van der Waals surface area contributed by atoms with E-state index in [1.54, 1.807) is 31.6 Å². The van der Waals surface area contributed by atoms with Crippen LogP contribution in [0.25, 0.3) is 5.69 Å². The van der Waals surface area contributed by atoms with Crippen LogP contribution < -0.4 is 4.74 Å². The molecule has 8 heteroatoms. The summed E-state index contributed by atoms with van der Waals surface area (Å²) in [5.41, 5.74) is 1.91. The van der Waals surface area contributed by atoms with Crippen molar-refractivity contribution in [2.75, 3.05) is 6.54 Å². The molecule has 2 aliphatic rings. The summed E-state index contributed by atoms with van der Waals surface area (Å²) in [5.74, 6) is -0.212. The van der Waals surface area contributed by atoms with Gasteiger partial charge in [-0.3, -0.25) is 4.79 Å². The minimum Gasteiger partial charge on any atom is -0.470 e. The Balaban J connectivity index is 1.40. The third-order valence-electron chi connectivity index (χ3n) is 5.66. The van der Waals surface area contributed by atoms with Crippen molar-refractivity contribution in [1.29, 1.82) is 0 Å². The number of fused-ring (bicyclic) bond motifs is 2. The van der Waals surface area contributed by atoms with E-state index in [2.05, 4.69) is 15.2 Å². The fraction of sp³-hybridized carbons (Fsp3) is 0.333. The molecule has 29 heavy (non-hydrogen) atoms. The molecule has 3 aromatic rings. The normalized spacial score (nSPS) is 22.8. The molecule has 2 bridgehead atoms. The van der Waals surface area contributed by atoms with Crippen molar-refractivity contribution in [3.63, 3.8) is 0 Å². The first-order valence-corrected chi connectivity index (χ1v) is 9.65. The highest BCUT2D eigenvalue weighted by atomic mass is 19.1. The number of benzene rings is 1. The Labute approximate surface area is 167 Å². The number of rotatable bonds is 4. The van der Waals surface area contributed by atoms with E-state index in [9.17, 15) is 9.18 Å². The maximum absolute atomic E-state index is 14.2. The van der Waals surface area contributed by atoms with E-state index in [4.69, 9.17) is 4.74 Å². The predicted molar refractivity (Wildman–Crippen MR) is 102 cm³/mol. The van der Waals surface area contributed by atoms with Crippen LogP contribution in [0.3, 0.4) is 0 Å². The molecule has 0 spiro atoms. The number of nitrogens with zero attached hydrogens (tertiary/aromatic N) is 5. The lowest BCUT2D eigenvalue weighted by Crippen LogP contribution is -2.47. The van der Waals surface area contributed by atoms with Gasteiger partial charge in [-0.1, -0.05) is 12.1 Å². The summed E-state index contributed by atoms with van der Waals surface area (Å²) < 4.78 is 20.1. The average molecular weight is 393 g/mol. The van der Waals surface area contributed by atoms with Crippen molar-refractivity contribution < 1.29 is 13.9 Å². The number of pyridine rings is 1. The fourth-order valence-electron chi connectivity index (χ4n) is 4.40. The van der Waals surface area contributed by atoms with Gasteiger partial charge in [0.1, 0.15) is 6.10 Å². The monoisotopic (exact) mass is 393 g/mol. The molecule has 0 radical (unpaired) electrons. The van der Waals surface area contributed by atoms with E-state index in [0.29, 0.717) is 23.7 Å². The molecule has 1 saturated heterocycles. The van der Waals surface area contributed by atoms with Crippen LogP contribution in [0.4, 0.5) is 4.39 Å². The van der Waals surface area contributed by atoms with Gasteiger partial charge in [-0.25, -0.2) is 9.37 Å². The van der Waals surface area contributed by atoms with Crippen LogP contribution in [0.1, 0.15) is 28.8 Å². The van der Waals surface area contributed by atoms with Gasteiger partial charge in [-0.15, -0.1) is 0 Å². The first-order valence-electron chi connectivity index (χ1n) is 9.65. The van der Waals surface area contributed by atoms with Crippen LogP contribution in [0.5, 0.6) is 5.88 Å². The maximum Gasteiger partial charge on any atom is 0.256 e. The Morgan fingerprint density at radius 2 is 2.00 bits per heavy atom. The zero-order valence-electron chi connectivity index (χ0n) is 15.9. The van der Waals surface area contributed by atoms with Crippen molar-refractivity contribution in [3.05, 3.63) is 65.9 Å². The first-order chi connectivity index (χ1) is 14.1. The Hall–Kier alpha value is -3.29. The number of hydrogen-bond acceptors (Lipinski definition) is 5. The lowest BCUT2D eigenvalue weighted by molar-refractivity contribution is 0.0455. The number of halogens is 1. The molecule has 0 N–H and O–H groups in total. The summed E-state index contributed by atoms with van der Waals surface area (Å²) >= 11 is 0. The van der Waals surface area contributed by atoms with Gasteiger partial charge in [0.2, 0.25) is 0 Å². The van der Waals surface area contributed by atoms with Crippen molar-refractivity contribution >= 4 is 5.91 Å².